The van der Waals surface area contributed by atoms with Gasteiger partial charge in [-0.15, -0.1) is 0 Å². The molecule has 1 aliphatic carbocycles. The first-order valence-corrected chi connectivity index (χ1v) is 15.7. The van der Waals surface area contributed by atoms with E-state index >= 15 is 0 Å². The van der Waals surface area contributed by atoms with E-state index < -0.39 is 16.1 Å². The van der Waals surface area contributed by atoms with E-state index in [4.69, 9.17) is 4.74 Å². The van der Waals surface area contributed by atoms with E-state index in [2.05, 4.69) is 9.71 Å². The van der Waals surface area contributed by atoms with Gasteiger partial charge < -0.3 is 14.5 Å². The largest absolute Gasteiger partial charge is 0.415 e. The number of carbonyl (C=O) groups excluding carboxylic acids is 2. The molecule has 0 radical (unpaired) electrons. The summed E-state index contributed by atoms with van der Waals surface area (Å²) in [6.07, 6.45) is 6.11. The van der Waals surface area contributed by atoms with Crippen molar-refractivity contribution in [3.05, 3.63) is 96.2 Å². The van der Waals surface area contributed by atoms with Gasteiger partial charge in [-0.3, -0.25) is 14.5 Å². The number of piperazine rings is 1. The minimum absolute atomic E-state index is 0.0816. The molecule has 0 atom stereocenters. The molecule has 0 unspecified atom stereocenters. The first-order chi connectivity index (χ1) is 20.4. The maximum absolute atomic E-state index is 13.1. The highest BCUT2D eigenvalue weighted by Crippen LogP contribution is 2.30. The van der Waals surface area contributed by atoms with Crippen molar-refractivity contribution in [1.29, 1.82) is 0 Å². The van der Waals surface area contributed by atoms with Crippen LogP contribution in [0.25, 0.3) is 10.9 Å². The highest BCUT2D eigenvalue weighted by atomic mass is 32.2. The predicted octanol–water partition coefficient (Wildman–Crippen LogP) is 5.34. The molecule has 6 rings (SSSR count). The van der Waals surface area contributed by atoms with Gasteiger partial charge in [-0.05, 0) is 66.4 Å². The van der Waals surface area contributed by atoms with Gasteiger partial charge in [0.15, 0.2) is 0 Å². The highest BCUT2D eigenvalue weighted by molar-refractivity contribution is 7.93. The smallest absolute Gasteiger partial charge is 0.410 e. The Morgan fingerprint density at radius 3 is 2.24 bits per heavy atom. The van der Waals surface area contributed by atoms with Crippen LogP contribution in [-0.2, 0) is 16.4 Å². The molecule has 2 amide bonds. The van der Waals surface area contributed by atoms with E-state index in [1.54, 1.807) is 64.5 Å². The third kappa shape index (κ3) is 6.08. The average Bonchev–Trinajstić information content (AvgIpc) is 2.99. The molecule has 216 valence electrons. The Labute approximate surface area is 245 Å². The molecular weight excluding hydrogens is 552 g/mol. The normalized spacial score (nSPS) is 15.7. The number of anilines is 1. The number of amides is 2. The van der Waals surface area contributed by atoms with Crippen molar-refractivity contribution in [3.63, 3.8) is 0 Å². The molecule has 2 heterocycles. The predicted molar refractivity (Wildman–Crippen MR) is 160 cm³/mol. The van der Waals surface area contributed by atoms with Gasteiger partial charge in [0, 0.05) is 49.0 Å². The second-order valence-electron chi connectivity index (χ2n) is 10.8. The van der Waals surface area contributed by atoms with Crippen LogP contribution < -0.4 is 9.46 Å². The fraction of sp³-hybridized carbons (Fsp3) is 0.281. The molecule has 3 aromatic carbocycles. The van der Waals surface area contributed by atoms with Crippen molar-refractivity contribution in [2.24, 2.45) is 5.92 Å². The summed E-state index contributed by atoms with van der Waals surface area (Å²) in [6.45, 7) is 1.47. The molecule has 4 aromatic rings. The lowest BCUT2D eigenvalue weighted by Crippen LogP contribution is -2.51. The Morgan fingerprint density at radius 2 is 1.55 bits per heavy atom. The molecule has 1 saturated heterocycles. The number of rotatable bonds is 7. The van der Waals surface area contributed by atoms with Crippen molar-refractivity contribution in [2.75, 3.05) is 30.9 Å². The zero-order chi connectivity index (χ0) is 29.1. The minimum Gasteiger partial charge on any atom is -0.410 e. The van der Waals surface area contributed by atoms with Gasteiger partial charge in [0.1, 0.15) is 10.6 Å². The van der Waals surface area contributed by atoms with Crippen molar-refractivity contribution in [3.8, 4) is 5.75 Å². The Hall–Kier alpha value is -4.44. The van der Waals surface area contributed by atoms with Gasteiger partial charge in [0.05, 0.1) is 5.52 Å². The zero-order valence-corrected chi connectivity index (χ0v) is 23.9. The molecule has 2 aliphatic rings. The van der Waals surface area contributed by atoms with Crippen LogP contribution in [0.4, 0.5) is 10.5 Å². The molecule has 42 heavy (non-hydrogen) atoms. The number of hydrogen-bond donors (Lipinski definition) is 1. The molecule has 0 bridgehead atoms. The van der Waals surface area contributed by atoms with Crippen LogP contribution in [0.1, 0.15) is 35.2 Å². The number of nitrogens with one attached hydrogen (secondary N) is 1. The lowest BCUT2D eigenvalue weighted by atomic mass is 9.81. The SMILES string of the molecule is O=C(Oc1ccc(CC2CCC2)cc1)N1CCN(C(=O)c2ccc(NS(=O)(=O)c3cccc4cccnc34)cc2)CC1. The van der Waals surface area contributed by atoms with Crippen LogP contribution in [0.2, 0.25) is 0 Å². The summed E-state index contributed by atoms with van der Waals surface area (Å²) in [6, 6.07) is 22.6. The molecule has 1 N–H and O–H groups in total. The van der Waals surface area contributed by atoms with Crippen LogP contribution in [-0.4, -0.2) is 61.4 Å². The molecule has 9 nitrogen and oxygen atoms in total. The topological polar surface area (TPSA) is 109 Å². The van der Waals surface area contributed by atoms with E-state index in [0.29, 0.717) is 48.7 Å². The summed E-state index contributed by atoms with van der Waals surface area (Å²) in [7, 11) is -3.89. The monoisotopic (exact) mass is 584 g/mol. The first kappa shape index (κ1) is 27.7. The van der Waals surface area contributed by atoms with Gasteiger partial charge in [0.25, 0.3) is 15.9 Å². The van der Waals surface area contributed by atoms with Gasteiger partial charge in [-0.25, -0.2) is 13.2 Å². The average molecular weight is 585 g/mol. The molecule has 1 saturated carbocycles. The number of hydrogen-bond acceptors (Lipinski definition) is 6. The second kappa shape index (κ2) is 11.8. The number of pyridine rings is 1. The van der Waals surface area contributed by atoms with Crippen LogP contribution in [0.15, 0.2) is 90.0 Å². The van der Waals surface area contributed by atoms with Crippen LogP contribution >= 0.6 is 0 Å². The standard InChI is InChI=1S/C32H32N4O5S/c37-31(26-11-13-27(14-12-26)34-42(39,40)29-8-2-6-25-7-3-17-33-30(25)29)35-18-20-36(21-19-35)32(38)41-28-15-9-24(10-16-28)22-23-4-1-5-23/h2-3,6-17,23,34H,1,4-5,18-22H2. The molecule has 0 spiro atoms. The van der Waals surface area contributed by atoms with E-state index in [-0.39, 0.29) is 10.8 Å². The molecule has 1 aliphatic heterocycles. The number of ether oxygens (including phenoxy) is 1. The molecule has 10 heteroatoms. The fourth-order valence-electron chi connectivity index (χ4n) is 5.35. The molecular formula is C32H32N4O5S. The lowest BCUT2D eigenvalue weighted by molar-refractivity contribution is 0.0633. The summed E-state index contributed by atoms with van der Waals surface area (Å²) in [5.41, 5.74) is 2.42. The first-order valence-electron chi connectivity index (χ1n) is 14.2. The lowest BCUT2D eigenvalue weighted by Gasteiger charge is -2.34. The summed E-state index contributed by atoms with van der Waals surface area (Å²) in [4.78, 5) is 33.4. The van der Waals surface area contributed by atoms with Crippen molar-refractivity contribution in [2.45, 2.75) is 30.6 Å². The van der Waals surface area contributed by atoms with Gasteiger partial charge >= 0.3 is 6.09 Å². The van der Waals surface area contributed by atoms with Gasteiger partial charge in [0.2, 0.25) is 0 Å². The van der Waals surface area contributed by atoms with Crippen LogP contribution in [0.5, 0.6) is 5.75 Å². The molecule has 2 fully saturated rings. The maximum atomic E-state index is 13.1. The second-order valence-corrected chi connectivity index (χ2v) is 12.5. The highest BCUT2D eigenvalue weighted by Gasteiger charge is 2.26. The Balaban J connectivity index is 1.02. The van der Waals surface area contributed by atoms with Crippen molar-refractivity contribution in [1.82, 2.24) is 14.8 Å². The van der Waals surface area contributed by atoms with Crippen LogP contribution in [0.3, 0.4) is 0 Å². The molecule has 1 aromatic heterocycles. The van der Waals surface area contributed by atoms with Crippen molar-refractivity contribution < 1.29 is 22.7 Å². The van der Waals surface area contributed by atoms with E-state index in [1.165, 1.54) is 30.9 Å². The minimum atomic E-state index is -3.89. The summed E-state index contributed by atoms with van der Waals surface area (Å²) in [5.74, 6) is 1.11. The summed E-state index contributed by atoms with van der Waals surface area (Å²) >= 11 is 0. The van der Waals surface area contributed by atoms with Gasteiger partial charge in [-0.2, -0.15) is 0 Å². The van der Waals surface area contributed by atoms with E-state index in [9.17, 15) is 18.0 Å². The quantitative estimate of drug-likeness (QED) is 0.314. The maximum Gasteiger partial charge on any atom is 0.415 e. The third-order valence-corrected chi connectivity index (χ3v) is 9.38. The van der Waals surface area contributed by atoms with E-state index in [1.807, 2.05) is 24.3 Å². The Bertz CT molecular complexity index is 1690. The number of fused-ring (bicyclic) bond motifs is 1. The number of carbonyl (C=O) groups is 2. The van der Waals surface area contributed by atoms with Crippen LogP contribution in [0, 0.1) is 5.92 Å². The Morgan fingerprint density at radius 1 is 0.857 bits per heavy atom. The number of sulfonamides is 1. The van der Waals surface area contributed by atoms with Gasteiger partial charge in [-0.1, -0.05) is 49.6 Å². The zero-order valence-electron chi connectivity index (χ0n) is 23.1. The van der Waals surface area contributed by atoms with E-state index in [0.717, 1.165) is 17.7 Å². The third-order valence-electron chi connectivity index (χ3n) is 7.97. The summed E-state index contributed by atoms with van der Waals surface area (Å²) < 4.78 is 34.3. The summed E-state index contributed by atoms with van der Waals surface area (Å²) in [5, 5.41) is 0.725. The Kier molecular flexibility index (Phi) is 7.80. The van der Waals surface area contributed by atoms with Crippen molar-refractivity contribution >= 4 is 38.6 Å². The fourth-order valence-corrected chi connectivity index (χ4v) is 6.59. The number of aromatic nitrogens is 1. The number of nitrogens with zero attached hydrogens (tertiary/aromatic N) is 3. The number of benzene rings is 3. The number of para-hydroxylation sites is 1.